The van der Waals surface area contributed by atoms with E-state index in [-0.39, 0.29) is 11.9 Å². The van der Waals surface area contributed by atoms with Crippen molar-refractivity contribution in [3.63, 3.8) is 0 Å². The van der Waals surface area contributed by atoms with Crippen molar-refractivity contribution in [3.8, 4) is 11.5 Å². The Bertz CT molecular complexity index is 898. The van der Waals surface area contributed by atoms with Crippen LogP contribution in [0.25, 0.3) is 10.2 Å². The maximum absolute atomic E-state index is 10.2. The third kappa shape index (κ3) is 3.29. The Morgan fingerprint density at radius 2 is 1.92 bits per heavy atom. The van der Waals surface area contributed by atoms with Crippen LogP contribution >= 0.6 is 11.3 Å². The van der Waals surface area contributed by atoms with Crippen LogP contribution in [0, 0.1) is 13.8 Å². The fraction of sp³-hybridized carbons (Fsp3) is 0.350. The SMILES string of the molecule is Cc1ccc(OC2CCN(c3cc(O)c4ncsc4c3)CC2)cc1C. The molecule has 0 atom stereocenters. The number of piperidine rings is 1. The lowest BCUT2D eigenvalue weighted by Crippen LogP contribution is -2.38. The van der Waals surface area contributed by atoms with Gasteiger partial charge in [0.05, 0.1) is 10.2 Å². The second kappa shape index (κ2) is 6.56. The molecule has 4 rings (SSSR count). The van der Waals surface area contributed by atoms with E-state index in [1.807, 2.05) is 6.07 Å². The Morgan fingerprint density at radius 1 is 1.12 bits per heavy atom. The zero-order valence-electron chi connectivity index (χ0n) is 14.5. The van der Waals surface area contributed by atoms with E-state index in [0.717, 1.165) is 42.1 Å². The van der Waals surface area contributed by atoms with Gasteiger partial charge in [-0.1, -0.05) is 6.07 Å². The van der Waals surface area contributed by atoms with Crippen molar-refractivity contribution in [2.45, 2.75) is 32.8 Å². The summed E-state index contributed by atoms with van der Waals surface area (Å²) in [6, 6.07) is 10.2. The predicted molar refractivity (Wildman–Crippen MR) is 103 cm³/mol. The number of aromatic hydroxyl groups is 1. The van der Waals surface area contributed by atoms with Crippen LogP contribution in [0.5, 0.6) is 11.5 Å². The molecule has 0 amide bonds. The first kappa shape index (κ1) is 16.2. The van der Waals surface area contributed by atoms with Gasteiger partial charge in [0.25, 0.3) is 0 Å². The smallest absolute Gasteiger partial charge is 0.144 e. The zero-order valence-corrected chi connectivity index (χ0v) is 15.3. The van der Waals surface area contributed by atoms with Crippen LogP contribution in [0.2, 0.25) is 0 Å². The largest absolute Gasteiger partial charge is 0.506 e. The van der Waals surface area contributed by atoms with E-state index in [0.29, 0.717) is 5.52 Å². The van der Waals surface area contributed by atoms with Crippen LogP contribution in [0.15, 0.2) is 35.8 Å². The first-order valence-corrected chi connectivity index (χ1v) is 9.53. The second-order valence-electron chi connectivity index (χ2n) is 6.71. The molecule has 130 valence electrons. The minimum Gasteiger partial charge on any atom is -0.506 e. The minimum absolute atomic E-state index is 0.249. The lowest BCUT2D eigenvalue weighted by molar-refractivity contribution is 0.171. The number of thiazole rings is 1. The van der Waals surface area contributed by atoms with E-state index in [2.05, 4.69) is 48.0 Å². The number of aryl methyl sites for hydroxylation is 2. The van der Waals surface area contributed by atoms with E-state index in [1.54, 1.807) is 16.8 Å². The van der Waals surface area contributed by atoms with Crippen molar-refractivity contribution in [3.05, 3.63) is 47.0 Å². The highest BCUT2D eigenvalue weighted by molar-refractivity contribution is 7.16. The van der Waals surface area contributed by atoms with Gasteiger partial charge >= 0.3 is 0 Å². The molecule has 0 spiro atoms. The van der Waals surface area contributed by atoms with E-state index in [4.69, 9.17) is 4.74 Å². The molecule has 1 N–H and O–H groups in total. The maximum atomic E-state index is 10.2. The highest BCUT2D eigenvalue weighted by Gasteiger charge is 2.22. The van der Waals surface area contributed by atoms with E-state index >= 15 is 0 Å². The maximum Gasteiger partial charge on any atom is 0.144 e. The molecule has 4 nitrogen and oxygen atoms in total. The number of phenols is 1. The van der Waals surface area contributed by atoms with Crippen LogP contribution in [0.3, 0.4) is 0 Å². The van der Waals surface area contributed by atoms with Gasteiger partial charge in [0.15, 0.2) is 0 Å². The predicted octanol–water partition coefficient (Wildman–Crippen LogP) is 4.67. The molecule has 0 bridgehead atoms. The normalized spacial score (nSPS) is 15.7. The molecule has 0 saturated carbocycles. The van der Waals surface area contributed by atoms with E-state index in [1.165, 1.54) is 11.1 Å². The number of phenolic OH excluding ortho intramolecular Hbond substituents is 1. The van der Waals surface area contributed by atoms with Crippen LogP contribution < -0.4 is 9.64 Å². The number of hydrogen-bond acceptors (Lipinski definition) is 5. The zero-order chi connectivity index (χ0) is 17.4. The molecule has 0 unspecified atom stereocenters. The van der Waals surface area contributed by atoms with E-state index in [9.17, 15) is 5.11 Å². The van der Waals surface area contributed by atoms with Crippen molar-refractivity contribution in [2.75, 3.05) is 18.0 Å². The summed E-state index contributed by atoms with van der Waals surface area (Å²) in [6.07, 6.45) is 2.21. The number of aromatic nitrogens is 1. The molecule has 2 heterocycles. The number of anilines is 1. The Kier molecular flexibility index (Phi) is 4.25. The summed E-state index contributed by atoms with van der Waals surface area (Å²) in [5, 5.41) is 10.2. The lowest BCUT2D eigenvalue weighted by atomic mass is 10.1. The van der Waals surface area contributed by atoms with Gasteiger partial charge in [-0.25, -0.2) is 4.98 Å². The number of fused-ring (bicyclic) bond motifs is 1. The third-order valence-corrected chi connectivity index (χ3v) is 5.77. The van der Waals surface area contributed by atoms with Gasteiger partial charge in [0.2, 0.25) is 0 Å². The average Bonchev–Trinajstić information content (AvgIpc) is 3.08. The molecule has 2 aromatic carbocycles. The van der Waals surface area contributed by atoms with Gasteiger partial charge in [-0.15, -0.1) is 11.3 Å². The van der Waals surface area contributed by atoms with Crippen molar-refractivity contribution < 1.29 is 9.84 Å². The number of rotatable bonds is 3. The van der Waals surface area contributed by atoms with Crippen molar-refractivity contribution in [2.24, 2.45) is 0 Å². The monoisotopic (exact) mass is 354 g/mol. The highest BCUT2D eigenvalue weighted by atomic mass is 32.1. The number of hydrogen-bond donors (Lipinski definition) is 1. The molecule has 5 heteroatoms. The molecule has 1 fully saturated rings. The number of nitrogens with zero attached hydrogens (tertiary/aromatic N) is 2. The molecular weight excluding hydrogens is 332 g/mol. The summed E-state index contributed by atoms with van der Waals surface area (Å²) in [5.41, 5.74) is 6.10. The van der Waals surface area contributed by atoms with Crippen LogP contribution in [0.1, 0.15) is 24.0 Å². The van der Waals surface area contributed by atoms with Gasteiger partial charge < -0.3 is 14.7 Å². The Morgan fingerprint density at radius 3 is 2.68 bits per heavy atom. The highest BCUT2D eigenvalue weighted by Crippen LogP contribution is 2.33. The Labute approximate surface area is 151 Å². The third-order valence-electron chi connectivity index (χ3n) is 4.99. The van der Waals surface area contributed by atoms with Gasteiger partial charge in [-0.05, 0) is 43.2 Å². The molecule has 0 aliphatic carbocycles. The van der Waals surface area contributed by atoms with Gasteiger partial charge in [0.1, 0.15) is 23.1 Å². The van der Waals surface area contributed by atoms with Gasteiger partial charge in [0, 0.05) is 37.7 Å². The molecule has 1 aromatic heterocycles. The van der Waals surface area contributed by atoms with E-state index < -0.39 is 0 Å². The Balaban J connectivity index is 1.42. The van der Waals surface area contributed by atoms with Crippen LogP contribution in [-0.2, 0) is 0 Å². The van der Waals surface area contributed by atoms with Gasteiger partial charge in [-0.3, -0.25) is 0 Å². The first-order valence-electron chi connectivity index (χ1n) is 8.65. The topological polar surface area (TPSA) is 45.6 Å². The summed E-state index contributed by atoms with van der Waals surface area (Å²) in [7, 11) is 0. The molecular formula is C20H22N2O2S. The van der Waals surface area contributed by atoms with Crippen molar-refractivity contribution in [1.29, 1.82) is 0 Å². The summed E-state index contributed by atoms with van der Waals surface area (Å²) in [5.74, 6) is 1.23. The first-order chi connectivity index (χ1) is 12.1. The molecule has 3 aromatic rings. The summed E-state index contributed by atoms with van der Waals surface area (Å²) in [6.45, 7) is 6.10. The lowest BCUT2D eigenvalue weighted by Gasteiger charge is -2.34. The second-order valence-corrected chi connectivity index (χ2v) is 7.60. The van der Waals surface area contributed by atoms with Crippen LogP contribution in [-0.4, -0.2) is 29.3 Å². The van der Waals surface area contributed by atoms with Crippen molar-refractivity contribution in [1.82, 2.24) is 4.98 Å². The fourth-order valence-corrected chi connectivity index (χ4v) is 4.06. The molecule has 1 aliphatic heterocycles. The summed E-state index contributed by atoms with van der Waals surface area (Å²) >= 11 is 1.56. The van der Waals surface area contributed by atoms with Crippen molar-refractivity contribution >= 4 is 27.2 Å². The van der Waals surface area contributed by atoms with Gasteiger partial charge in [-0.2, -0.15) is 0 Å². The quantitative estimate of drug-likeness (QED) is 0.743. The fourth-order valence-electron chi connectivity index (χ4n) is 3.33. The molecule has 25 heavy (non-hydrogen) atoms. The Hall–Kier alpha value is -2.27. The minimum atomic E-state index is 0.249. The molecule has 1 saturated heterocycles. The summed E-state index contributed by atoms with van der Waals surface area (Å²) < 4.78 is 7.20. The summed E-state index contributed by atoms with van der Waals surface area (Å²) in [4.78, 5) is 6.53. The molecule has 1 aliphatic rings. The average molecular weight is 354 g/mol. The number of ether oxygens (including phenoxy) is 1. The number of benzene rings is 2. The van der Waals surface area contributed by atoms with Crippen LogP contribution in [0.4, 0.5) is 5.69 Å². The molecule has 0 radical (unpaired) electrons. The standard InChI is InChI=1S/C20H22N2O2S/c1-13-3-4-17(9-14(13)2)24-16-5-7-22(8-6-16)15-10-18(23)20-19(11-15)25-12-21-20/h3-4,9-12,16,23H,5-8H2,1-2H3.